The maximum absolute atomic E-state index is 5.94. The third-order valence-corrected chi connectivity index (χ3v) is 3.99. The number of nitrogens with one attached hydrogen (secondary N) is 1. The molecule has 0 aliphatic heterocycles. The molecule has 0 aliphatic rings. The van der Waals surface area contributed by atoms with Crippen LogP contribution in [0.15, 0.2) is 35.7 Å². The predicted molar refractivity (Wildman–Crippen MR) is 80.9 cm³/mol. The average Bonchev–Trinajstić information content (AvgIpc) is 2.80. The number of aryl methyl sites for hydroxylation is 1. The van der Waals surface area contributed by atoms with Gasteiger partial charge in [-0.25, -0.2) is 0 Å². The van der Waals surface area contributed by atoms with Crippen LogP contribution in [0.25, 0.3) is 0 Å². The summed E-state index contributed by atoms with van der Waals surface area (Å²) in [7, 11) is -0.734. The lowest BCUT2D eigenvalue weighted by atomic mass is 10.2. The monoisotopic (exact) mass is 276 g/mol. The number of rotatable bonds is 5. The summed E-state index contributed by atoms with van der Waals surface area (Å²) in [4.78, 5) is 1.33. The first-order valence-corrected chi connectivity index (χ1v) is 9.29. The Morgan fingerprint density at radius 3 is 2.78 bits per heavy atom. The van der Waals surface area contributed by atoms with Crippen LogP contribution in [-0.4, -0.2) is 9.04 Å². The highest BCUT2D eigenvalue weighted by atomic mass is 32.1. The van der Waals surface area contributed by atoms with Gasteiger partial charge in [-0.15, -0.1) is 11.3 Å². The summed E-state index contributed by atoms with van der Waals surface area (Å²) in [6.45, 7) is 7.24. The van der Waals surface area contributed by atoms with E-state index in [1.54, 1.807) is 11.3 Å². The molecule has 95 valence electrons. The molecule has 0 atom stereocenters. The van der Waals surface area contributed by atoms with Gasteiger partial charge < -0.3 is 9.74 Å². The lowest BCUT2D eigenvalue weighted by molar-refractivity contribution is 0.582. The fourth-order valence-electron chi connectivity index (χ4n) is 1.68. The first-order chi connectivity index (χ1) is 8.65. The minimum atomic E-state index is -0.734. The van der Waals surface area contributed by atoms with Gasteiger partial charge >= 0.3 is 0 Å². The highest BCUT2D eigenvalue weighted by Crippen LogP contribution is 2.27. The second kappa shape index (κ2) is 6.07. The first-order valence-electron chi connectivity index (χ1n) is 6.00. The van der Waals surface area contributed by atoms with Crippen LogP contribution in [0.5, 0.6) is 5.75 Å². The Balaban J connectivity index is 2.10. The normalized spacial score (nSPS) is 10.7. The lowest BCUT2D eigenvalue weighted by Crippen LogP contribution is -2.13. The molecule has 1 N–H and O–H groups in total. The third-order valence-electron chi connectivity index (χ3n) is 2.48. The van der Waals surface area contributed by atoms with Gasteiger partial charge in [0, 0.05) is 11.4 Å². The molecule has 0 saturated heterocycles. The molecule has 1 radical (unpaired) electrons. The van der Waals surface area contributed by atoms with E-state index in [-0.39, 0.29) is 0 Å². The summed E-state index contributed by atoms with van der Waals surface area (Å²) in [6, 6.07) is 10.5. The fourth-order valence-corrected chi connectivity index (χ4v) is 2.93. The van der Waals surface area contributed by atoms with Gasteiger partial charge in [-0.3, -0.25) is 0 Å². The van der Waals surface area contributed by atoms with Crippen molar-refractivity contribution in [1.29, 1.82) is 0 Å². The van der Waals surface area contributed by atoms with Gasteiger partial charge in [-0.2, -0.15) is 0 Å². The number of hydrogen-bond acceptors (Lipinski definition) is 3. The molecule has 0 saturated carbocycles. The third kappa shape index (κ3) is 3.61. The number of hydrogen-bond donors (Lipinski definition) is 1. The lowest BCUT2D eigenvalue weighted by Gasteiger charge is -2.15. The Morgan fingerprint density at radius 2 is 2.11 bits per heavy atom. The van der Waals surface area contributed by atoms with Gasteiger partial charge in [0.25, 0.3) is 9.04 Å². The molecule has 0 amide bonds. The second-order valence-electron chi connectivity index (χ2n) is 4.44. The van der Waals surface area contributed by atoms with E-state index in [0.29, 0.717) is 0 Å². The van der Waals surface area contributed by atoms with Crippen molar-refractivity contribution in [3.63, 3.8) is 0 Å². The topological polar surface area (TPSA) is 21.3 Å². The van der Waals surface area contributed by atoms with E-state index in [9.17, 15) is 0 Å². The van der Waals surface area contributed by atoms with E-state index in [4.69, 9.17) is 4.43 Å². The van der Waals surface area contributed by atoms with Crippen molar-refractivity contribution in [1.82, 2.24) is 0 Å². The summed E-state index contributed by atoms with van der Waals surface area (Å²) < 4.78 is 5.94. The van der Waals surface area contributed by atoms with Gasteiger partial charge in [-0.05, 0) is 49.2 Å². The highest BCUT2D eigenvalue weighted by Gasteiger charge is 2.07. The number of thiophene rings is 1. The van der Waals surface area contributed by atoms with E-state index < -0.39 is 9.04 Å². The Kier molecular flexibility index (Phi) is 4.44. The van der Waals surface area contributed by atoms with Gasteiger partial charge in [-0.1, -0.05) is 12.1 Å². The Labute approximate surface area is 114 Å². The molecule has 4 heteroatoms. The molecule has 0 unspecified atom stereocenters. The van der Waals surface area contributed by atoms with Crippen LogP contribution < -0.4 is 9.74 Å². The predicted octanol–water partition coefficient (Wildman–Crippen LogP) is 4.30. The summed E-state index contributed by atoms with van der Waals surface area (Å²) in [5.41, 5.74) is 2.31. The second-order valence-corrected chi connectivity index (χ2v) is 7.50. The van der Waals surface area contributed by atoms with Crippen LogP contribution >= 0.6 is 11.3 Å². The summed E-state index contributed by atoms with van der Waals surface area (Å²) in [5, 5.41) is 5.55. The van der Waals surface area contributed by atoms with Crippen molar-refractivity contribution in [2.24, 2.45) is 0 Å². The minimum absolute atomic E-state index is 0.734. The maximum Gasteiger partial charge on any atom is 0.274 e. The van der Waals surface area contributed by atoms with E-state index in [1.165, 1.54) is 10.4 Å². The van der Waals surface area contributed by atoms with Crippen LogP contribution in [0.1, 0.15) is 10.4 Å². The van der Waals surface area contributed by atoms with Crippen molar-refractivity contribution in [2.45, 2.75) is 26.6 Å². The van der Waals surface area contributed by atoms with Crippen molar-refractivity contribution in [3.8, 4) is 5.75 Å². The number of anilines is 1. The molecule has 2 nitrogen and oxygen atoms in total. The maximum atomic E-state index is 5.94. The quantitative estimate of drug-likeness (QED) is 0.822. The van der Waals surface area contributed by atoms with Gasteiger partial charge in [0.05, 0.1) is 5.69 Å². The van der Waals surface area contributed by atoms with Crippen LogP contribution in [0.4, 0.5) is 5.69 Å². The standard InChI is InChI=1S/C14H18NOSSi/c1-11-6-7-13(14(9-11)16-18(2)3)15-10-12-5-4-8-17-12/h4-9,15H,10H2,1-3H3. The van der Waals surface area contributed by atoms with Gasteiger partial charge in [0.15, 0.2) is 0 Å². The van der Waals surface area contributed by atoms with E-state index in [2.05, 4.69) is 61.0 Å². The van der Waals surface area contributed by atoms with Gasteiger partial charge in [0.2, 0.25) is 0 Å². The molecule has 2 aromatic rings. The zero-order valence-electron chi connectivity index (χ0n) is 11.0. The Morgan fingerprint density at radius 1 is 1.28 bits per heavy atom. The zero-order chi connectivity index (χ0) is 13.0. The molecule has 0 fully saturated rings. The van der Waals surface area contributed by atoms with Crippen LogP contribution in [0.2, 0.25) is 13.1 Å². The molecule has 0 bridgehead atoms. The Bertz CT molecular complexity index is 497. The van der Waals surface area contributed by atoms with Crippen molar-refractivity contribution >= 4 is 26.1 Å². The summed E-state index contributed by atoms with van der Waals surface area (Å²) in [6.07, 6.45) is 0. The largest absolute Gasteiger partial charge is 0.541 e. The zero-order valence-corrected chi connectivity index (χ0v) is 12.8. The molecule has 2 rings (SSSR count). The smallest absolute Gasteiger partial charge is 0.274 e. The van der Waals surface area contributed by atoms with Crippen LogP contribution in [0.3, 0.4) is 0 Å². The van der Waals surface area contributed by atoms with Crippen LogP contribution in [0, 0.1) is 6.92 Å². The number of benzene rings is 1. The molecule has 1 aromatic heterocycles. The summed E-state index contributed by atoms with van der Waals surface area (Å²) >= 11 is 1.77. The molecular formula is C14H18NOSSi. The van der Waals surface area contributed by atoms with E-state index in [1.807, 2.05) is 0 Å². The Hall–Kier alpha value is -1.26. The summed E-state index contributed by atoms with van der Waals surface area (Å²) in [5.74, 6) is 0.977. The molecule has 0 spiro atoms. The van der Waals surface area contributed by atoms with E-state index in [0.717, 1.165) is 18.0 Å². The van der Waals surface area contributed by atoms with Crippen molar-refractivity contribution in [3.05, 3.63) is 46.2 Å². The molecule has 1 aromatic carbocycles. The molecule has 0 aliphatic carbocycles. The average molecular weight is 276 g/mol. The minimum Gasteiger partial charge on any atom is -0.541 e. The first kappa shape index (κ1) is 13.2. The van der Waals surface area contributed by atoms with Crippen molar-refractivity contribution in [2.75, 3.05) is 5.32 Å². The molecule has 1 heterocycles. The molecule has 18 heavy (non-hydrogen) atoms. The van der Waals surface area contributed by atoms with Gasteiger partial charge in [0.1, 0.15) is 5.75 Å². The van der Waals surface area contributed by atoms with E-state index >= 15 is 0 Å². The van der Waals surface area contributed by atoms with Crippen molar-refractivity contribution < 1.29 is 4.43 Å². The molecular weight excluding hydrogens is 258 g/mol. The highest BCUT2D eigenvalue weighted by molar-refractivity contribution is 7.09. The SMILES string of the molecule is Cc1ccc(NCc2cccs2)c(O[Si](C)C)c1. The van der Waals surface area contributed by atoms with Crippen LogP contribution in [-0.2, 0) is 6.54 Å². The fraction of sp³-hybridized carbons (Fsp3) is 0.286.